The maximum Gasteiger partial charge on any atom is 0.223 e. The monoisotopic (exact) mass is 249 g/mol. The quantitative estimate of drug-likeness (QED) is 0.899. The van der Waals surface area contributed by atoms with E-state index >= 15 is 0 Å². The van der Waals surface area contributed by atoms with Crippen LogP contribution in [0.2, 0.25) is 0 Å². The fourth-order valence-electron chi connectivity index (χ4n) is 1.45. The second-order valence-electron chi connectivity index (χ2n) is 4.16. The highest BCUT2D eigenvalue weighted by Gasteiger charge is 2.09. The van der Waals surface area contributed by atoms with Crippen LogP contribution >= 0.6 is 11.3 Å². The summed E-state index contributed by atoms with van der Waals surface area (Å²) in [4.78, 5) is 17.0. The summed E-state index contributed by atoms with van der Waals surface area (Å²) in [5.41, 5.74) is 6.66. The van der Waals surface area contributed by atoms with Gasteiger partial charge in [0.15, 0.2) is 0 Å². The van der Waals surface area contributed by atoms with Gasteiger partial charge < -0.3 is 5.73 Å². The van der Waals surface area contributed by atoms with Gasteiger partial charge in [-0.15, -0.1) is 11.3 Å². The van der Waals surface area contributed by atoms with E-state index < -0.39 is 0 Å². The van der Waals surface area contributed by atoms with Crippen molar-refractivity contribution in [2.45, 2.75) is 33.1 Å². The van der Waals surface area contributed by atoms with Gasteiger partial charge in [-0.2, -0.15) is 9.97 Å². The zero-order valence-corrected chi connectivity index (χ0v) is 11.0. The molecule has 0 amide bonds. The van der Waals surface area contributed by atoms with Crippen molar-refractivity contribution in [3.8, 4) is 0 Å². The Hall–Kier alpha value is -1.56. The van der Waals surface area contributed by atoms with Crippen molar-refractivity contribution >= 4 is 17.3 Å². The highest BCUT2D eigenvalue weighted by atomic mass is 32.1. The minimum atomic E-state index is 0.247. The number of hydrogen-bond acceptors (Lipinski definition) is 6. The molecule has 5 nitrogen and oxygen atoms in total. The third-order valence-electron chi connectivity index (χ3n) is 2.24. The largest absolute Gasteiger partial charge is 0.368 e. The third-order valence-corrected chi connectivity index (χ3v) is 3.06. The maximum atomic E-state index is 5.68. The Kier molecular flexibility index (Phi) is 3.33. The minimum Gasteiger partial charge on any atom is -0.368 e. The highest BCUT2D eigenvalue weighted by molar-refractivity contribution is 7.09. The highest BCUT2D eigenvalue weighted by Crippen LogP contribution is 2.14. The molecule has 17 heavy (non-hydrogen) atoms. The van der Waals surface area contributed by atoms with Crippen LogP contribution in [0.1, 0.15) is 42.1 Å². The number of hydrogen-bond donors (Lipinski definition) is 1. The average Bonchev–Trinajstić information content (AvgIpc) is 2.63. The molecule has 2 aromatic heterocycles. The summed E-state index contributed by atoms with van der Waals surface area (Å²) in [6.07, 6.45) is 0.608. The standard InChI is InChI=1S/C11H15N5S/c1-6(2)10-14-9(15-11(12)16-10)4-8-5-17-7(3)13-8/h5-6H,4H2,1-3H3,(H2,12,14,15,16). The topological polar surface area (TPSA) is 77.6 Å². The van der Waals surface area contributed by atoms with E-state index in [1.165, 1.54) is 0 Å². The van der Waals surface area contributed by atoms with Crippen LogP contribution in [0.3, 0.4) is 0 Å². The average molecular weight is 249 g/mol. The van der Waals surface area contributed by atoms with Crippen molar-refractivity contribution in [1.29, 1.82) is 0 Å². The summed E-state index contributed by atoms with van der Waals surface area (Å²) in [7, 11) is 0. The first kappa shape index (κ1) is 11.9. The molecule has 2 N–H and O–H groups in total. The van der Waals surface area contributed by atoms with Crippen molar-refractivity contribution in [2.75, 3.05) is 5.73 Å². The second kappa shape index (κ2) is 4.75. The van der Waals surface area contributed by atoms with E-state index in [1.54, 1.807) is 11.3 Å². The number of aryl methyl sites for hydroxylation is 1. The van der Waals surface area contributed by atoms with Crippen LogP contribution < -0.4 is 5.73 Å². The van der Waals surface area contributed by atoms with E-state index in [2.05, 4.69) is 19.9 Å². The summed E-state index contributed by atoms with van der Waals surface area (Å²) in [6, 6.07) is 0. The molecule has 0 aliphatic heterocycles. The Bertz CT molecular complexity index is 520. The summed E-state index contributed by atoms with van der Waals surface area (Å²) >= 11 is 1.62. The minimum absolute atomic E-state index is 0.247. The second-order valence-corrected chi connectivity index (χ2v) is 5.22. The van der Waals surface area contributed by atoms with Crippen molar-refractivity contribution in [3.63, 3.8) is 0 Å². The van der Waals surface area contributed by atoms with E-state index in [0.29, 0.717) is 12.2 Å². The molecular weight excluding hydrogens is 234 g/mol. The molecule has 0 atom stereocenters. The third kappa shape index (κ3) is 2.97. The molecule has 2 aromatic rings. The van der Waals surface area contributed by atoms with Crippen molar-refractivity contribution in [1.82, 2.24) is 19.9 Å². The fourth-order valence-corrected chi connectivity index (χ4v) is 2.06. The van der Waals surface area contributed by atoms with Crippen LogP contribution in [0.25, 0.3) is 0 Å². The number of rotatable bonds is 3. The lowest BCUT2D eigenvalue weighted by Crippen LogP contribution is -2.09. The number of nitrogens with zero attached hydrogens (tertiary/aromatic N) is 4. The van der Waals surface area contributed by atoms with Gasteiger partial charge in [-0.3, -0.25) is 0 Å². The Morgan fingerprint density at radius 3 is 2.59 bits per heavy atom. The van der Waals surface area contributed by atoms with Gasteiger partial charge in [0.05, 0.1) is 17.1 Å². The summed E-state index contributed by atoms with van der Waals surface area (Å²) in [6.45, 7) is 6.05. The Labute approximate surface area is 104 Å². The van der Waals surface area contributed by atoms with E-state index in [-0.39, 0.29) is 11.9 Å². The van der Waals surface area contributed by atoms with Gasteiger partial charge in [-0.05, 0) is 6.92 Å². The van der Waals surface area contributed by atoms with Gasteiger partial charge in [0.2, 0.25) is 5.95 Å². The molecule has 6 heteroatoms. The SMILES string of the molecule is Cc1nc(Cc2nc(N)nc(C(C)C)n2)cs1. The zero-order valence-electron chi connectivity index (χ0n) is 10.1. The van der Waals surface area contributed by atoms with Crippen molar-refractivity contribution in [3.05, 3.63) is 27.7 Å². The molecule has 90 valence electrons. The van der Waals surface area contributed by atoms with Gasteiger partial charge in [-0.25, -0.2) is 9.97 Å². The predicted molar refractivity (Wildman–Crippen MR) is 68.0 cm³/mol. The number of nitrogen functional groups attached to an aromatic ring is 1. The van der Waals surface area contributed by atoms with Gasteiger partial charge in [0.1, 0.15) is 11.6 Å². The first-order valence-corrected chi connectivity index (χ1v) is 6.34. The van der Waals surface area contributed by atoms with Crippen LogP contribution in [0.15, 0.2) is 5.38 Å². The fraction of sp³-hybridized carbons (Fsp3) is 0.455. The van der Waals surface area contributed by atoms with Crippen molar-refractivity contribution in [2.24, 2.45) is 0 Å². The maximum absolute atomic E-state index is 5.68. The molecule has 0 saturated carbocycles. The van der Waals surface area contributed by atoms with E-state index in [9.17, 15) is 0 Å². The van der Waals surface area contributed by atoms with Gasteiger partial charge in [0, 0.05) is 11.3 Å². The molecule has 0 unspecified atom stereocenters. The molecule has 0 aliphatic carbocycles. The Balaban J connectivity index is 2.26. The molecule has 2 heterocycles. The normalized spacial score (nSPS) is 11.1. The smallest absolute Gasteiger partial charge is 0.223 e. The van der Waals surface area contributed by atoms with Gasteiger partial charge in [-0.1, -0.05) is 13.8 Å². The summed E-state index contributed by atoms with van der Waals surface area (Å²) in [5, 5.41) is 3.07. The first-order valence-electron chi connectivity index (χ1n) is 5.46. The summed E-state index contributed by atoms with van der Waals surface area (Å²) < 4.78 is 0. The Morgan fingerprint density at radius 1 is 1.24 bits per heavy atom. The molecule has 0 spiro atoms. The zero-order chi connectivity index (χ0) is 12.4. The number of anilines is 1. The number of aromatic nitrogens is 4. The van der Waals surface area contributed by atoms with Crippen LogP contribution in [0, 0.1) is 6.92 Å². The molecule has 2 rings (SSSR count). The van der Waals surface area contributed by atoms with E-state index in [1.807, 2.05) is 26.2 Å². The molecule has 0 radical (unpaired) electrons. The van der Waals surface area contributed by atoms with E-state index in [0.717, 1.165) is 16.5 Å². The molecule has 0 aromatic carbocycles. The van der Waals surface area contributed by atoms with Crippen LogP contribution in [0.5, 0.6) is 0 Å². The van der Waals surface area contributed by atoms with Gasteiger partial charge >= 0.3 is 0 Å². The molecule has 0 saturated heterocycles. The molecule has 0 bridgehead atoms. The van der Waals surface area contributed by atoms with Crippen LogP contribution in [-0.2, 0) is 6.42 Å². The molecule has 0 fully saturated rings. The molecule has 0 aliphatic rings. The van der Waals surface area contributed by atoms with Crippen LogP contribution in [-0.4, -0.2) is 19.9 Å². The first-order chi connectivity index (χ1) is 8.04. The Morgan fingerprint density at radius 2 is 2.00 bits per heavy atom. The van der Waals surface area contributed by atoms with Gasteiger partial charge in [0.25, 0.3) is 0 Å². The van der Waals surface area contributed by atoms with Crippen LogP contribution in [0.4, 0.5) is 5.95 Å². The number of thiazole rings is 1. The summed E-state index contributed by atoms with van der Waals surface area (Å²) in [5.74, 6) is 1.95. The molecular formula is C11H15N5S. The van der Waals surface area contributed by atoms with E-state index in [4.69, 9.17) is 5.73 Å². The lowest BCUT2D eigenvalue weighted by molar-refractivity contribution is 0.741. The number of nitrogens with two attached hydrogens (primary N) is 1. The lowest BCUT2D eigenvalue weighted by Gasteiger charge is -2.06. The predicted octanol–water partition coefficient (Wildman–Crippen LogP) is 1.93. The lowest BCUT2D eigenvalue weighted by atomic mass is 10.2. The van der Waals surface area contributed by atoms with Crippen molar-refractivity contribution < 1.29 is 0 Å².